The Morgan fingerprint density at radius 1 is 1.09 bits per heavy atom. The first-order chi connectivity index (χ1) is 16.5. The van der Waals surface area contributed by atoms with Crippen LogP contribution in [-0.2, 0) is 11.0 Å². The van der Waals surface area contributed by atoms with E-state index in [-0.39, 0.29) is 22.3 Å². The minimum atomic E-state index is -4.86. The van der Waals surface area contributed by atoms with Gasteiger partial charge in [-0.05, 0) is 36.4 Å². The van der Waals surface area contributed by atoms with Crippen molar-refractivity contribution in [1.29, 1.82) is 0 Å². The van der Waals surface area contributed by atoms with Gasteiger partial charge in [0.25, 0.3) is 5.91 Å². The van der Waals surface area contributed by atoms with Crippen molar-refractivity contribution in [2.45, 2.75) is 18.3 Å². The lowest BCUT2D eigenvalue weighted by molar-refractivity contribution is -0.137. The third kappa shape index (κ3) is 4.01. The van der Waals surface area contributed by atoms with Crippen molar-refractivity contribution in [2.75, 3.05) is 0 Å². The van der Waals surface area contributed by atoms with E-state index in [4.69, 9.17) is 11.6 Å². The van der Waals surface area contributed by atoms with Crippen LogP contribution in [0.1, 0.15) is 27.5 Å². The molecule has 0 bridgehead atoms. The second-order valence-corrected chi connectivity index (χ2v) is 8.36. The van der Waals surface area contributed by atoms with Gasteiger partial charge in [-0.1, -0.05) is 11.6 Å². The van der Waals surface area contributed by atoms with Gasteiger partial charge in [0, 0.05) is 45.9 Å². The lowest BCUT2D eigenvalue weighted by Crippen LogP contribution is -2.41. The summed E-state index contributed by atoms with van der Waals surface area (Å²) in [7, 11) is 0. The molecule has 2 atom stereocenters. The maximum absolute atomic E-state index is 14.0. The predicted octanol–water partition coefficient (Wildman–Crippen LogP) is 4.09. The first-order valence-electron chi connectivity index (χ1n) is 10.1. The zero-order chi connectivity index (χ0) is 25.1. The molecule has 0 aromatic heterocycles. The normalized spacial score (nSPS) is 20.8. The van der Waals surface area contributed by atoms with Crippen molar-refractivity contribution < 1.29 is 31.5 Å². The first-order valence-corrected chi connectivity index (χ1v) is 10.5. The number of halogens is 6. The molecule has 5 rings (SSSR count). The number of alkyl halides is 3. The van der Waals surface area contributed by atoms with Gasteiger partial charge >= 0.3 is 6.18 Å². The third-order valence-electron chi connectivity index (χ3n) is 5.76. The Balaban J connectivity index is 1.60. The molecule has 35 heavy (non-hydrogen) atoms. The summed E-state index contributed by atoms with van der Waals surface area (Å²) in [4.78, 5) is 27.4. The molecular weight excluding hydrogens is 495 g/mol. The number of fused-ring (bicyclic) bond motifs is 3. The van der Waals surface area contributed by atoms with Crippen LogP contribution in [0.2, 0.25) is 5.02 Å². The van der Waals surface area contributed by atoms with Crippen LogP contribution in [0.25, 0.3) is 0 Å². The molecule has 3 heterocycles. The lowest BCUT2D eigenvalue weighted by atomic mass is 9.92. The fraction of sp³-hybridized carbons (Fsp3) is 0.130. The predicted molar refractivity (Wildman–Crippen MR) is 114 cm³/mol. The van der Waals surface area contributed by atoms with E-state index in [1.54, 1.807) is 17.3 Å². The van der Waals surface area contributed by atoms with E-state index in [1.165, 1.54) is 12.1 Å². The molecule has 2 aromatic rings. The minimum absolute atomic E-state index is 0.0731. The molecule has 0 saturated carbocycles. The highest BCUT2D eigenvalue weighted by atomic mass is 35.5. The highest BCUT2D eigenvalue weighted by molar-refractivity contribution is 6.31. The van der Waals surface area contributed by atoms with Crippen molar-refractivity contribution in [3.8, 4) is 0 Å². The molecule has 0 radical (unpaired) electrons. The van der Waals surface area contributed by atoms with Crippen molar-refractivity contribution in [3.63, 3.8) is 0 Å². The average Bonchev–Trinajstić information content (AvgIpc) is 3.38. The molecule has 6 nitrogen and oxygen atoms in total. The van der Waals surface area contributed by atoms with E-state index >= 15 is 0 Å². The molecule has 3 aliphatic heterocycles. The second-order valence-electron chi connectivity index (χ2n) is 7.96. The number of nitrogens with one attached hydrogen (secondary N) is 3. The fourth-order valence-corrected chi connectivity index (χ4v) is 4.49. The smallest absolute Gasteiger partial charge is 0.347 e. The molecule has 1 fully saturated rings. The molecule has 3 N–H and O–H groups in total. The summed E-state index contributed by atoms with van der Waals surface area (Å²) in [5.74, 6) is -2.94. The molecule has 2 unspecified atom stereocenters. The summed E-state index contributed by atoms with van der Waals surface area (Å²) in [5.41, 5.74) is -1.31. The van der Waals surface area contributed by atoms with E-state index in [0.717, 1.165) is 12.1 Å². The van der Waals surface area contributed by atoms with Gasteiger partial charge in [0.05, 0.1) is 11.6 Å². The summed E-state index contributed by atoms with van der Waals surface area (Å²) in [5, 5.41) is 8.26. The Bertz CT molecular complexity index is 1370. The Hall–Kier alpha value is -3.86. The molecule has 2 aromatic carbocycles. The molecule has 1 saturated heterocycles. The van der Waals surface area contributed by atoms with Crippen LogP contribution in [0.3, 0.4) is 0 Å². The van der Waals surface area contributed by atoms with Crippen LogP contribution in [0.5, 0.6) is 0 Å². The Morgan fingerprint density at radius 2 is 1.86 bits per heavy atom. The number of benzene rings is 2. The summed E-state index contributed by atoms with van der Waals surface area (Å²) >= 11 is 6.26. The third-order valence-corrected chi connectivity index (χ3v) is 6.10. The molecule has 0 spiro atoms. The topological polar surface area (TPSA) is 73.5 Å². The largest absolute Gasteiger partial charge is 0.416 e. The van der Waals surface area contributed by atoms with E-state index < -0.39 is 52.8 Å². The van der Waals surface area contributed by atoms with Gasteiger partial charge in [0.15, 0.2) is 0 Å². The maximum Gasteiger partial charge on any atom is 0.416 e. The molecule has 0 aliphatic carbocycles. The van der Waals surface area contributed by atoms with Gasteiger partial charge in [-0.3, -0.25) is 9.59 Å². The minimum Gasteiger partial charge on any atom is -0.347 e. The fourth-order valence-electron chi connectivity index (χ4n) is 4.26. The Labute approximate surface area is 199 Å². The van der Waals surface area contributed by atoms with Crippen LogP contribution in [0.4, 0.5) is 22.0 Å². The number of allylic oxidation sites excluding steroid dienone is 1. The van der Waals surface area contributed by atoms with Crippen molar-refractivity contribution in [3.05, 3.63) is 105 Å². The van der Waals surface area contributed by atoms with Gasteiger partial charge < -0.3 is 20.9 Å². The van der Waals surface area contributed by atoms with Crippen LogP contribution >= 0.6 is 11.6 Å². The van der Waals surface area contributed by atoms with Gasteiger partial charge in [-0.15, -0.1) is 0 Å². The van der Waals surface area contributed by atoms with Crippen molar-refractivity contribution in [1.82, 2.24) is 20.9 Å². The van der Waals surface area contributed by atoms with E-state index in [9.17, 15) is 31.5 Å². The van der Waals surface area contributed by atoms with Gasteiger partial charge in [-0.2, -0.15) is 13.2 Å². The molecule has 180 valence electrons. The number of hydrogen-bond acceptors (Lipinski definition) is 4. The number of hydrogen-bond donors (Lipinski definition) is 3. The van der Waals surface area contributed by atoms with Gasteiger partial charge in [-0.25, -0.2) is 8.78 Å². The van der Waals surface area contributed by atoms with E-state index in [0.29, 0.717) is 23.5 Å². The summed E-state index contributed by atoms with van der Waals surface area (Å²) in [6.45, 7) is 0. The van der Waals surface area contributed by atoms with Gasteiger partial charge in [0.2, 0.25) is 5.91 Å². The molecule has 12 heteroatoms. The van der Waals surface area contributed by atoms with Crippen LogP contribution in [0, 0.1) is 11.6 Å². The number of rotatable bonds is 3. The molecule has 2 amide bonds. The number of carbonyl (C=O) groups is 2. The van der Waals surface area contributed by atoms with E-state index in [2.05, 4.69) is 16.0 Å². The zero-order valence-corrected chi connectivity index (χ0v) is 18.1. The average molecular weight is 509 g/mol. The monoisotopic (exact) mass is 508 g/mol. The Kier molecular flexibility index (Phi) is 5.32. The van der Waals surface area contributed by atoms with Crippen molar-refractivity contribution in [2.24, 2.45) is 0 Å². The lowest BCUT2D eigenvalue weighted by Gasteiger charge is -2.31. The van der Waals surface area contributed by atoms with Gasteiger partial charge in [0.1, 0.15) is 23.5 Å². The summed E-state index contributed by atoms with van der Waals surface area (Å²) in [6.07, 6.45) is -0.259. The standard InChI is InChI=1S/C23H14ClF5N4O2/c24-15-2-1-12(25)8-14(15)19-18-16(9-17-30-3-4-33(17)20(18)22(35)32-19)31-21(34)10-5-11(23(27,28)29)7-13(26)6-10/h1-9,19-20,30H,(H,31,34)(H,32,35). The zero-order valence-electron chi connectivity index (χ0n) is 17.4. The van der Waals surface area contributed by atoms with Crippen LogP contribution in [0.15, 0.2) is 72.0 Å². The SMILES string of the molecule is O=C(NC1=C2C(c3cc(F)ccc3Cl)NC(=O)C2N2C=CNC2=C1)c1cc(F)cc(C(F)(F)F)c1. The number of amides is 2. The summed E-state index contributed by atoms with van der Waals surface area (Å²) < 4.78 is 67.2. The Morgan fingerprint density at radius 3 is 2.60 bits per heavy atom. The van der Waals surface area contributed by atoms with E-state index in [1.807, 2.05) is 0 Å². The van der Waals surface area contributed by atoms with Crippen molar-refractivity contribution >= 4 is 23.4 Å². The summed E-state index contributed by atoms with van der Waals surface area (Å²) in [6, 6.07) is 3.17. The number of carbonyl (C=O) groups excluding carboxylic acids is 2. The highest BCUT2D eigenvalue weighted by Crippen LogP contribution is 2.42. The van der Waals surface area contributed by atoms with Crippen LogP contribution in [-0.4, -0.2) is 22.8 Å². The van der Waals surface area contributed by atoms with Crippen LogP contribution < -0.4 is 16.0 Å². The number of nitrogens with zero attached hydrogens (tertiary/aromatic N) is 1. The molecular formula is C23H14ClF5N4O2. The second kappa shape index (κ2) is 8.12. The first kappa shape index (κ1) is 22.9. The molecule has 3 aliphatic rings. The highest BCUT2D eigenvalue weighted by Gasteiger charge is 2.47. The quantitative estimate of drug-likeness (QED) is 0.546. The maximum atomic E-state index is 14.0.